The van der Waals surface area contributed by atoms with Gasteiger partial charge in [-0.3, -0.25) is 4.79 Å². The first-order valence-corrected chi connectivity index (χ1v) is 5.94. The fraction of sp³-hybridized carbons (Fsp3) is 0.500. The van der Waals surface area contributed by atoms with Gasteiger partial charge in [-0.25, -0.2) is 14.8 Å². The number of anilines is 1. The number of rotatable bonds is 6. The molecule has 0 saturated carbocycles. The van der Waals surface area contributed by atoms with Crippen molar-refractivity contribution in [3.8, 4) is 0 Å². The number of hydrogen-bond acceptors (Lipinski definition) is 6. The molecular weight excluding hydrogens is 248 g/mol. The van der Waals surface area contributed by atoms with Crippen LogP contribution in [0.25, 0.3) is 0 Å². The second-order valence-corrected chi connectivity index (χ2v) is 4.33. The summed E-state index contributed by atoms with van der Waals surface area (Å²) < 4.78 is 4.50. The van der Waals surface area contributed by atoms with Crippen LogP contribution in [0.4, 0.5) is 5.82 Å². The van der Waals surface area contributed by atoms with E-state index in [-0.39, 0.29) is 18.1 Å². The predicted octanol–water partition coefficient (Wildman–Crippen LogP) is 0.447. The van der Waals surface area contributed by atoms with Gasteiger partial charge in [0.15, 0.2) is 5.69 Å². The second-order valence-electron chi connectivity index (χ2n) is 4.33. The van der Waals surface area contributed by atoms with Crippen LogP contribution in [-0.4, -0.2) is 42.0 Å². The molecule has 1 aromatic rings. The molecule has 0 fully saturated rings. The minimum Gasteiger partial charge on any atom is -0.464 e. The summed E-state index contributed by atoms with van der Waals surface area (Å²) in [4.78, 5) is 30.4. The summed E-state index contributed by atoms with van der Waals surface area (Å²) in [6, 6.07) is 0. The Balaban J connectivity index is 2.41. The molecule has 7 heteroatoms. The quantitative estimate of drug-likeness (QED) is 0.726. The van der Waals surface area contributed by atoms with Crippen molar-refractivity contribution in [3.63, 3.8) is 0 Å². The minimum absolute atomic E-state index is 0.110. The van der Waals surface area contributed by atoms with Crippen LogP contribution in [0, 0.1) is 5.92 Å². The molecule has 0 spiro atoms. The maximum absolute atomic E-state index is 11.4. The van der Waals surface area contributed by atoms with Gasteiger partial charge in [0, 0.05) is 6.54 Å². The zero-order chi connectivity index (χ0) is 14.3. The Labute approximate surface area is 111 Å². The van der Waals surface area contributed by atoms with Crippen LogP contribution in [0.5, 0.6) is 0 Å². The molecule has 0 aliphatic heterocycles. The SMILES string of the molecule is COC(=O)c1cnc(NCC(=O)NCC(C)C)cn1. The van der Waals surface area contributed by atoms with Crippen molar-refractivity contribution >= 4 is 17.7 Å². The molecule has 0 radical (unpaired) electrons. The number of amides is 1. The first-order chi connectivity index (χ1) is 9.02. The summed E-state index contributed by atoms with van der Waals surface area (Å²) in [5, 5.41) is 5.58. The van der Waals surface area contributed by atoms with Crippen molar-refractivity contribution in [2.75, 3.05) is 25.5 Å². The van der Waals surface area contributed by atoms with E-state index in [1.54, 1.807) is 0 Å². The molecule has 2 N–H and O–H groups in total. The molecule has 0 aliphatic carbocycles. The average Bonchev–Trinajstić information content (AvgIpc) is 2.42. The number of carbonyl (C=O) groups is 2. The van der Waals surface area contributed by atoms with Gasteiger partial charge in [0.1, 0.15) is 5.82 Å². The largest absolute Gasteiger partial charge is 0.464 e. The lowest BCUT2D eigenvalue weighted by molar-refractivity contribution is -0.119. The summed E-state index contributed by atoms with van der Waals surface area (Å²) in [6.07, 6.45) is 2.67. The Morgan fingerprint density at radius 2 is 2.05 bits per heavy atom. The monoisotopic (exact) mass is 266 g/mol. The fourth-order valence-corrected chi connectivity index (χ4v) is 1.18. The summed E-state index contributed by atoms with van der Waals surface area (Å²) in [5.74, 6) is 0.164. The number of nitrogens with one attached hydrogen (secondary N) is 2. The molecule has 0 bridgehead atoms. The van der Waals surface area contributed by atoms with Crippen molar-refractivity contribution in [3.05, 3.63) is 18.1 Å². The van der Waals surface area contributed by atoms with Crippen LogP contribution < -0.4 is 10.6 Å². The molecule has 7 nitrogen and oxygen atoms in total. The van der Waals surface area contributed by atoms with Gasteiger partial charge in [0.25, 0.3) is 0 Å². The number of esters is 1. The van der Waals surface area contributed by atoms with E-state index in [0.29, 0.717) is 18.3 Å². The summed E-state index contributed by atoms with van der Waals surface area (Å²) in [7, 11) is 1.27. The minimum atomic E-state index is -0.547. The van der Waals surface area contributed by atoms with E-state index in [1.165, 1.54) is 19.5 Å². The zero-order valence-electron chi connectivity index (χ0n) is 11.3. The highest BCUT2D eigenvalue weighted by Crippen LogP contribution is 2.01. The van der Waals surface area contributed by atoms with Crippen molar-refractivity contribution in [2.24, 2.45) is 5.92 Å². The van der Waals surface area contributed by atoms with E-state index in [0.717, 1.165) is 0 Å². The Kier molecular flexibility index (Phi) is 5.72. The van der Waals surface area contributed by atoms with Crippen molar-refractivity contribution in [2.45, 2.75) is 13.8 Å². The lowest BCUT2D eigenvalue weighted by Gasteiger charge is -2.08. The third-order valence-corrected chi connectivity index (χ3v) is 2.18. The molecule has 0 unspecified atom stereocenters. The molecule has 0 atom stereocenters. The van der Waals surface area contributed by atoms with Gasteiger partial charge >= 0.3 is 5.97 Å². The first kappa shape index (κ1) is 14.9. The smallest absolute Gasteiger partial charge is 0.358 e. The molecule has 0 aromatic carbocycles. The van der Waals surface area contributed by atoms with Crippen LogP contribution in [0.1, 0.15) is 24.3 Å². The third kappa shape index (κ3) is 5.33. The van der Waals surface area contributed by atoms with E-state index < -0.39 is 5.97 Å². The molecule has 0 saturated heterocycles. The highest BCUT2D eigenvalue weighted by atomic mass is 16.5. The number of hydrogen-bond donors (Lipinski definition) is 2. The lowest BCUT2D eigenvalue weighted by Crippen LogP contribution is -2.32. The van der Waals surface area contributed by atoms with Crippen LogP contribution in [-0.2, 0) is 9.53 Å². The van der Waals surface area contributed by atoms with E-state index >= 15 is 0 Å². The normalized spacial score (nSPS) is 10.1. The van der Waals surface area contributed by atoms with Crippen molar-refractivity contribution < 1.29 is 14.3 Å². The molecule has 19 heavy (non-hydrogen) atoms. The Morgan fingerprint density at radius 3 is 2.58 bits per heavy atom. The molecule has 0 aliphatic rings. The molecular formula is C12H18N4O3. The number of carbonyl (C=O) groups excluding carboxylic acids is 2. The van der Waals surface area contributed by atoms with Crippen LogP contribution in [0.3, 0.4) is 0 Å². The van der Waals surface area contributed by atoms with Gasteiger partial charge in [0.05, 0.1) is 26.0 Å². The maximum atomic E-state index is 11.4. The summed E-state index contributed by atoms with van der Waals surface area (Å²) in [5.41, 5.74) is 0.123. The molecule has 1 rings (SSSR count). The van der Waals surface area contributed by atoms with E-state index in [2.05, 4.69) is 25.3 Å². The number of aromatic nitrogens is 2. The zero-order valence-corrected chi connectivity index (χ0v) is 11.3. The number of ether oxygens (including phenoxy) is 1. The molecule has 1 amide bonds. The van der Waals surface area contributed by atoms with Gasteiger partial charge in [-0.05, 0) is 5.92 Å². The van der Waals surface area contributed by atoms with E-state index in [1.807, 2.05) is 13.8 Å². The fourth-order valence-electron chi connectivity index (χ4n) is 1.18. The standard InChI is InChI=1S/C12H18N4O3/c1-8(2)4-16-11(17)7-15-10-6-13-9(5-14-10)12(18)19-3/h5-6,8H,4,7H2,1-3H3,(H,14,15)(H,16,17). The summed E-state index contributed by atoms with van der Waals surface area (Å²) in [6.45, 7) is 4.78. The van der Waals surface area contributed by atoms with Gasteiger partial charge in [0.2, 0.25) is 5.91 Å². The van der Waals surface area contributed by atoms with Crippen molar-refractivity contribution in [1.29, 1.82) is 0 Å². The third-order valence-electron chi connectivity index (χ3n) is 2.18. The lowest BCUT2D eigenvalue weighted by atomic mass is 10.2. The predicted molar refractivity (Wildman–Crippen MR) is 69.7 cm³/mol. The summed E-state index contributed by atoms with van der Waals surface area (Å²) >= 11 is 0. The Morgan fingerprint density at radius 1 is 1.32 bits per heavy atom. The molecule has 1 aromatic heterocycles. The topological polar surface area (TPSA) is 93.2 Å². The van der Waals surface area contributed by atoms with Gasteiger partial charge < -0.3 is 15.4 Å². The van der Waals surface area contributed by atoms with Gasteiger partial charge in [-0.1, -0.05) is 13.8 Å². The maximum Gasteiger partial charge on any atom is 0.358 e. The Hall–Kier alpha value is -2.18. The first-order valence-electron chi connectivity index (χ1n) is 5.94. The number of methoxy groups -OCH3 is 1. The number of nitrogens with zero attached hydrogens (tertiary/aromatic N) is 2. The van der Waals surface area contributed by atoms with E-state index in [4.69, 9.17) is 0 Å². The van der Waals surface area contributed by atoms with Gasteiger partial charge in [-0.2, -0.15) is 0 Å². The highest BCUT2D eigenvalue weighted by molar-refractivity contribution is 5.86. The Bertz CT molecular complexity index is 431. The van der Waals surface area contributed by atoms with Gasteiger partial charge in [-0.15, -0.1) is 0 Å². The second kappa shape index (κ2) is 7.30. The molecule has 1 heterocycles. The van der Waals surface area contributed by atoms with E-state index in [9.17, 15) is 9.59 Å². The van der Waals surface area contributed by atoms with Crippen LogP contribution >= 0.6 is 0 Å². The van der Waals surface area contributed by atoms with Crippen LogP contribution in [0.15, 0.2) is 12.4 Å². The molecule has 104 valence electrons. The van der Waals surface area contributed by atoms with Crippen molar-refractivity contribution in [1.82, 2.24) is 15.3 Å². The van der Waals surface area contributed by atoms with Crippen LogP contribution in [0.2, 0.25) is 0 Å². The average molecular weight is 266 g/mol. The highest BCUT2D eigenvalue weighted by Gasteiger charge is 2.08.